The largest absolute Gasteiger partial charge is 0.455 e. The fourth-order valence-corrected chi connectivity index (χ4v) is 8.42. The van der Waals surface area contributed by atoms with Crippen LogP contribution in [0, 0.1) is 13.8 Å². The topological polar surface area (TPSA) is 21.3 Å². The van der Waals surface area contributed by atoms with Crippen molar-refractivity contribution >= 4 is 60.8 Å². The Balaban J connectivity index is 1.24. The maximum absolute atomic E-state index is 6.94. The number of fused-ring (bicyclic) bond motifs is 6. The molecule has 10 rings (SSSR count). The summed E-state index contributed by atoms with van der Waals surface area (Å²) in [6, 6.07) is 65.1. The van der Waals surface area contributed by atoms with Crippen LogP contribution in [0.3, 0.4) is 0 Å². The van der Waals surface area contributed by atoms with E-state index in [9.17, 15) is 0 Å². The molecule has 0 bridgehead atoms. The molecule has 0 saturated carbocycles. The Morgan fingerprint density at radius 3 is 1.74 bits per heavy atom. The summed E-state index contributed by atoms with van der Waals surface area (Å²) in [6.07, 6.45) is 0. The molecule has 0 spiro atoms. The maximum atomic E-state index is 6.94. The Bertz CT molecular complexity index is 2890. The van der Waals surface area contributed by atoms with Crippen molar-refractivity contribution in [3.05, 3.63) is 193 Å². The van der Waals surface area contributed by atoms with E-state index < -0.39 is 0 Å². The summed E-state index contributed by atoms with van der Waals surface area (Å²) in [7, 11) is 0. The molecule has 2 heterocycles. The number of rotatable bonds is 6. The van der Waals surface area contributed by atoms with Gasteiger partial charge in [-0.05, 0) is 96.8 Å². The molecule has 0 atom stereocenters. The standard InChI is InChI=1S/C50H36N2O/c1-33-31-37(32-34(2)48(33)35-17-5-3-6-18-35)51(36-19-7-4-8-20-36)46-30-29-41(50-49(46)42-24-12-16-28-47(42)53-50)40-23-11-15-27-45(40)52-43-25-13-9-21-38(43)39-22-10-14-26-44(39)52/h3-32H,1-2H3. The van der Waals surface area contributed by atoms with Gasteiger partial charge in [-0.15, -0.1) is 0 Å². The monoisotopic (exact) mass is 680 g/mol. The lowest BCUT2D eigenvalue weighted by atomic mass is 9.94. The van der Waals surface area contributed by atoms with Gasteiger partial charge in [-0.3, -0.25) is 0 Å². The number of nitrogens with zero attached hydrogens (tertiary/aromatic N) is 2. The Morgan fingerprint density at radius 2 is 1.04 bits per heavy atom. The van der Waals surface area contributed by atoms with Crippen LogP contribution in [-0.2, 0) is 0 Å². The third-order valence-electron chi connectivity index (χ3n) is 10.6. The van der Waals surface area contributed by atoms with Gasteiger partial charge >= 0.3 is 0 Å². The van der Waals surface area contributed by atoms with Crippen LogP contribution in [0.15, 0.2) is 186 Å². The highest BCUT2D eigenvalue weighted by Crippen LogP contribution is 2.48. The molecule has 8 aromatic carbocycles. The lowest BCUT2D eigenvalue weighted by Crippen LogP contribution is -2.11. The molecule has 10 aromatic rings. The third-order valence-corrected chi connectivity index (χ3v) is 10.6. The van der Waals surface area contributed by atoms with E-state index in [1.807, 2.05) is 0 Å². The van der Waals surface area contributed by atoms with Gasteiger partial charge in [0.25, 0.3) is 0 Å². The SMILES string of the molecule is Cc1cc(N(c2ccccc2)c2ccc(-c3ccccc3-n3c4ccccc4c4ccccc43)c3oc4ccccc4c23)cc(C)c1-c1ccccc1. The fraction of sp³-hybridized carbons (Fsp3) is 0.0400. The molecule has 0 aliphatic heterocycles. The number of aryl methyl sites for hydroxylation is 2. The first-order valence-corrected chi connectivity index (χ1v) is 18.2. The summed E-state index contributed by atoms with van der Waals surface area (Å²) in [6.45, 7) is 4.44. The van der Waals surface area contributed by atoms with Crippen molar-refractivity contribution in [3.8, 4) is 27.9 Å². The molecule has 53 heavy (non-hydrogen) atoms. The van der Waals surface area contributed by atoms with E-state index in [0.29, 0.717) is 0 Å². The van der Waals surface area contributed by atoms with Gasteiger partial charge in [0, 0.05) is 38.7 Å². The van der Waals surface area contributed by atoms with Gasteiger partial charge in [0.15, 0.2) is 0 Å². The summed E-state index contributed by atoms with van der Waals surface area (Å²) in [4.78, 5) is 2.39. The van der Waals surface area contributed by atoms with E-state index in [-0.39, 0.29) is 0 Å². The Kier molecular flexibility index (Phi) is 7.26. The second-order valence-electron chi connectivity index (χ2n) is 13.8. The van der Waals surface area contributed by atoms with Gasteiger partial charge in [0.2, 0.25) is 0 Å². The molecule has 3 heteroatoms. The van der Waals surface area contributed by atoms with Crippen LogP contribution in [-0.4, -0.2) is 4.57 Å². The Labute approximate surface area is 308 Å². The lowest BCUT2D eigenvalue weighted by Gasteiger charge is -2.28. The van der Waals surface area contributed by atoms with E-state index in [1.165, 1.54) is 44.1 Å². The molecule has 0 amide bonds. The second kappa shape index (κ2) is 12.4. The number of hydrogen-bond donors (Lipinski definition) is 0. The minimum Gasteiger partial charge on any atom is -0.455 e. The predicted molar refractivity (Wildman–Crippen MR) is 223 cm³/mol. The lowest BCUT2D eigenvalue weighted by molar-refractivity contribution is 0.670. The third kappa shape index (κ3) is 4.97. The summed E-state index contributed by atoms with van der Waals surface area (Å²) in [5, 5.41) is 4.65. The number of aromatic nitrogens is 1. The van der Waals surface area contributed by atoms with Gasteiger partial charge in [-0.2, -0.15) is 0 Å². The number of para-hydroxylation sites is 5. The van der Waals surface area contributed by atoms with Crippen molar-refractivity contribution in [2.75, 3.05) is 4.90 Å². The van der Waals surface area contributed by atoms with Gasteiger partial charge in [0.05, 0.1) is 27.8 Å². The molecule has 0 fully saturated rings. The number of furan rings is 1. The quantitative estimate of drug-likeness (QED) is 0.174. The first kappa shape index (κ1) is 30.9. The van der Waals surface area contributed by atoms with E-state index >= 15 is 0 Å². The number of hydrogen-bond acceptors (Lipinski definition) is 2. The van der Waals surface area contributed by atoms with Crippen molar-refractivity contribution in [1.29, 1.82) is 0 Å². The van der Waals surface area contributed by atoms with E-state index in [4.69, 9.17) is 4.42 Å². The van der Waals surface area contributed by atoms with Gasteiger partial charge in [-0.1, -0.05) is 121 Å². The van der Waals surface area contributed by atoms with Crippen LogP contribution < -0.4 is 4.90 Å². The average molecular weight is 681 g/mol. The van der Waals surface area contributed by atoms with Gasteiger partial charge < -0.3 is 13.9 Å². The summed E-state index contributed by atoms with van der Waals surface area (Å²) in [5.74, 6) is 0. The van der Waals surface area contributed by atoms with Crippen molar-refractivity contribution < 1.29 is 4.42 Å². The van der Waals surface area contributed by atoms with Crippen molar-refractivity contribution in [2.45, 2.75) is 13.8 Å². The first-order valence-electron chi connectivity index (χ1n) is 18.2. The molecule has 0 radical (unpaired) electrons. The van der Waals surface area contributed by atoms with Crippen LogP contribution >= 0.6 is 0 Å². The fourth-order valence-electron chi connectivity index (χ4n) is 8.42. The van der Waals surface area contributed by atoms with Crippen LogP contribution in [0.1, 0.15) is 11.1 Å². The minimum absolute atomic E-state index is 0.866. The van der Waals surface area contributed by atoms with E-state index in [2.05, 4.69) is 205 Å². The predicted octanol–water partition coefficient (Wildman–Crippen LogP) is 14.1. The zero-order chi connectivity index (χ0) is 35.5. The van der Waals surface area contributed by atoms with Crippen molar-refractivity contribution in [3.63, 3.8) is 0 Å². The van der Waals surface area contributed by atoms with E-state index in [0.717, 1.165) is 55.8 Å². The van der Waals surface area contributed by atoms with E-state index in [1.54, 1.807) is 0 Å². The van der Waals surface area contributed by atoms with Gasteiger partial charge in [0.1, 0.15) is 11.2 Å². The maximum Gasteiger partial charge on any atom is 0.145 e. The molecule has 0 saturated heterocycles. The summed E-state index contributed by atoms with van der Waals surface area (Å²) < 4.78 is 9.34. The number of benzene rings is 8. The Hall–Kier alpha value is -6.84. The van der Waals surface area contributed by atoms with Crippen LogP contribution in [0.2, 0.25) is 0 Å². The second-order valence-corrected chi connectivity index (χ2v) is 13.8. The molecule has 3 nitrogen and oxygen atoms in total. The minimum atomic E-state index is 0.866. The zero-order valence-corrected chi connectivity index (χ0v) is 29.6. The first-order chi connectivity index (χ1) is 26.2. The molecular formula is C50H36N2O. The Morgan fingerprint density at radius 1 is 0.472 bits per heavy atom. The van der Waals surface area contributed by atoms with Crippen LogP contribution in [0.4, 0.5) is 17.1 Å². The van der Waals surface area contributed by atoms with Crippen LogP contribution in [0.5, 0.6) is 0 Å². The van der Waals surface area contributed by atoms with Gasteiger partial charge in [-0.25, -0.2) is 0 Å². The molecule has 0 aliphatic carbocycles. The summed E-state index contributed by atoms with van der Waals surface area (Å²) >= 11 is 0. The molecule has 252 valence electrons. The molecule has 0 N–H and O–H groups in total. The molecular weight excluding hydrogens is 645 g/mol. The molecule has 0 unspecified atom stereocenters. The molecule has 0 aliphatic rings. The normalized spacial score (nSPS) is 11.6. The zero-order valence-electron chi connectivity index (χ0n) is 29.6. The highest BCUT2D eigenvalue weighted by atomic mass is 16.3. The highest BCUT2D eigenvalue weighted by molar-refractivity contribution is 6.18. The number of anilines is 3. The smallest absolute Gasteiger partial charge is 0.145 e. The van der Waals surface area contributed by atoms with Crippen molar-refractivity contribution in [2.24, 2.45) is 0 Å². The molecule has 2 aromatic heterocycles. The summed E-state index contributed by atoms with van der Waals surface area (Å²) in [5.41, 5.74) is 15.6. The van der Waals surface area contributed by atoms with Crippen molar-refractivity contribution in [1.82, 2.24) is 4.57 Å². The highest BCUT2D eigenvalue weighted by Gasteiger charge is 2.24. The van der Waals surface area contributed by atoms with Crippen LogP contribution in [0.25, 0.3) is 71.7 Å². The average Bonchev–Trinajstić information content (AvgIpc) is 3.76.